The van der Waals surface area contributed by atoms with Gasteiger partial charge in [-0.15, -0.1) is 10.2 Å². The quantitative estimate of drug-likeness (QED) is 0.669. The fourth-order valence-electron chi connectivity index (χ4n) is 3.35. The van der Waals surface area contributed by atoms with Crippen molar-refractivity contribution in [3.63, 3.8) is 0 Å². The van der Waals surface area contributed by atoms with Gasteiger partial charge in [0.15, 0.2) is 5.82 Å². The molecule has 1 aliphatic heterocycles. The molecule has 4 rings (SSSR count). The summed E-state index contributed by atoms with van der Waals surface area (Å²) in [4.78, 5) is 0.770. The average Bonchev–Trinajstić information content (AvgIpc) is 3.22. The summed E-state index contributed by atoms with van der Waals surface area (Å²) in [6.07, 6.45) is 4.84. The van der Waals surface area contributed by atoms with Crippen molar-refractivity contribution in [2.24, 2.45) is 0 Å². The molecule has 0 unspecified atom stereocenters. The van der Waals surface area contributed by atoms with Crippen LogP contribution in [0.3, 0.4) is 0 Å². The van der Waals surface area contributed by atoms with Gasteiger partial charge in [-0.25, -0.2) is 12.7 Å². The highest BCUT2D eigenvalue weighted by Gasteiger charge is 2.29. The summed E-state index contributed by atoms with van der Waals surface area (Å²) in [5.74, 6) is 1.000. The summed E-state index contributed by atoms with van der Waals surface area (Å²) in [5.41, 5.74) is 2.21. The lowest BCUT2D eigenvalue weighted by atomic mass is 9.97. The Labute approximate surface area is 162 Å². The lowest BCUT2D eigenvalue weighted by Gasteiger charge is -2.28. The minimum Gasteiger partial charge on any atom is -0.213 e. The number of nitrogens with zero attached hydrogens (tertiary/aromatic N) is 5. The zero-order valence-corrected chi connectivity index (χ0v) is 16.9. The Bertz CT molecular complexity index is 1080. The summed E-state index contributed by atoms with van der Waals surface area (Å²) in [7, 11) is -3.13. The number of rotatable bonds is 4. The molecule has 0 amide bonds. The summed E-state index contributed by atoms with van der Waals surface area (Å²) >= 11 is 1.52. The van der Waals surface area contributed by atoms with Crippen LogP contribution >= 0.6 is 11.3 Å². The monoisotopic (exact) mass is 403 g/mol. The molecular formula is C18H21N5O2S2. The molecule has 0 bridgehead atoms. The molecule has 3 aromatic rings. The second-order valence-corrected chi connectivity index (χ2v) is 9.77. The summed E-state index contributed by atoms with van der Waals surface area (Å²) in [6.45, 7) is 3.08. The van der Waals surface area contributed by atoms with E-state index in [-0.39, 0.29) is 5.92 Å². The maximum Gasteiger partial charge on any atom is 0.234 e. The molecule has 1 fully saturated rings. The Balaban J connectivity index is 1.57. The van der Waals surface area contributed by atoms with Gasteiger partial charge in [0.1, 0.15) is 5.01 Å². The van der Waals surface area contributed by atoms with Crippen LogP contribution in [0.15, 0.2) is 30.3 Å². The first-order valence-corrected chi connectivity index (χ1v) is 11.5. The first kappa shape index (κ1) is 18.3. The highest BCUT2D eigenvalue weighted by atomic mass is 32.2. The molecule has 0 aliphatic carbocycles. The van der Waals surface area contributed by atoms with Crippen molar-refractivity contribution in [3.8, 4) is 0 Å². The van der Waals surface area contributed by atoms with Crippen molar-refractivity contribution in [1.29, 1.82) is 0 Å². The second kappa shape index (κ2) is 7.14. The Morgan fingerprint density at radius 1 is 1.19 bits per heavy atom. The lowest BCUT2D eigenvalue weighted by molar-refractivity contribution is 0.313. The minimum atomic E-state index is -3.13. The molecule has 0 spiro atoms. The zero-order valence-electron chi connectivity index (χ0n) is 15.2. The van der Waals surface area contributed by atoms with Crippen molar-refractivity contribution in [3.05, 3.63) is 46.7 Å². The van der Waals surface area contributed by atoms with Crippen LogP contribution < -0.4 is 0 Å². The third-order valence-electron chi connectivity index (χ3n) is 4.82. The van der Waals surface area contributed by atoms with Crippen LogP contribution in [-0.2, 0) is 10.0 Å². The second-order valence-electron chi connectivity index (χ2n) is 6.83. The number of piperidine rings is 1. The van der Waals surface area contributed by atoms with Crippen LogP contribution in [0.25, 0.3) is 16.6 Å². The summed E-state index contributed by atoms with van der Waals surface area (Å²) in [6, 6.07) is 10.1. The number of allylic oxidation sites excluding steroid dienone is 1. The number of sulfonamides is 1. The molecule has 3 heterocycles. The van der Waals surface area contributed by atoms with Gasteiger partial charge in [-0.1, -0.05) is 41.7 Å². The van der Waals surface area contributed by atoms with Crippen molar-refractivity contribution >= 4 is 38.0 Å². The van der Waals surface area contributed by atoms with Gasteiger partial charge in [0, 0.05) is 19.0 Å². The molecule has 1 aliphatic rings. The van der Waals surface area contributed by atoms with Crippen LogP contribution in [0.4, 0.5) is 0 Å². The molecular weight excluding hydrogens is 382 g/mol. The Morgan fingerprint density at radius 3 is 2.56 bits per heavy atom. The molecule has 0 radical (unpaired) electrons. The number of aromatic nitrogens is 4. The van der Waals surface area contributed by atoms with E-state index >= 15 is 0 Å². The highest BCUT2D eigenvalue weighted by Crippen LogP contribution is 2.30. The molecule has 27 heavy (non-hydrogen) atoms. The SMILES string of the molecule is C/C(=C\c1ccccc1)c1nn2c(C3CCN(S(C)(=O)=O)CC3)nnc2s1. The van der Waals surface area contributed by atoms with E-state index in [1.165, 1.54) is 21.9 Å². The number of hydrogen-bond donors (Lipinski definition) is 0. The van der Waals surface area contributed by atoms with Gasteiger partial charge in [-0.3, -0.25) is 0 Å². The van der Waals surface area contributed by atoms with Crippen molar-refractivity contribution in [2.75, 3.05) is 19.3 Å². The van der Waals surface area contributed by atoms with Crippen LogP contribution in [0.2, 0.25) is 0 Å². The van der Waals surface area contributed by atoms with Crippen LogP contribution in [0, 0.1) is 0 Å². The standard InChI is InChI=1S/C18H21N5O2S2/c1-13(12-14-6-4-3-5-7-14)17-21-23-16(19-20-18(23)26-17)15-8-10-22(11-9-15)27(2,24)25/h3-7,12,15H,8-11H2,1-2H3/b13-12+. The molecule has 1 saturated heterocycles. The Hall–Kier alpha value is -2.10. The van der Waals surface area contributed by atoms with E-state index in [0.717, 1.165) is 39.8 Å². The van der Waals surface area contributed by atoms with Crippen LogP contribution in [0.5, 0.6) is 0 Å². The van der Waals surface area contributed by atoms with E-state index < -0.39 is 10.0 Å². The molecule has 0 atom stereocenters. The number of fused-ring (bicyclic) bond motifs is 1. The summed E-state index contributed by atoms with van der Waals surface area (Å²) in [5, 5.41) is 14.2. The zero-order chi connectivity index (χ0) is 19.0. The van der Waals surface area contributed by atoms with Gasteiger partial charge >= 0.3 is 0 Å². The Kier molecular flexibility index (Phi) is 4.83. The van der Waals surface area contributed by atoms with Crippen molar-refractivity contribution in [1.82, 2.24) is 24.1 Å². The largest absolute Gasteiger partial charge is 0.234 e. The molecule has 9 heteroatoms. The first-order chi connectivity index (χ1) is 12.9. The van der Waals surface area contributed by atoms with E-state index in [4.69, 9.17) is 5.10 Å². The number of benzene rings is 1. The first-order valence-electron chi connectivity index (χ1n) is 8.83. The van der Waals surface area contributed by atoms with E-state index in [0.29, 0.717) is 13.1 Å². The summed E-state index contributed by atoms with van der Waals surface area (Å²) < 4.78 is 26.7. The molecule has 1 aromatic carbocycles. The molecule has 142 valence electrons. The van der Waals surface area contributed by atoms with Crippen molar-refractivity contribution in [2.45, 2.75) is 25.7 Å². The van der Waals surface area contributed by atoms with Crippen LogP contribution in [-0.4, -0.2) is 51.9 Å². The predicted octanol–water partition coefficient (Wildman–Crippen LogP) is 2.89. The van der Waals surface area contributed by atoms with Crippen LogP contribution in [0.1, 0.15) is 42.1 Å². The third kappa shape index (κ3) is 3.80. The van der Waals surface area contributed by atoms with Gasteiger partial charge in [0.05, 0.1) is 6.26 Å². The molecule has 7 nitrogen and oxygen atoms in total. The van der Waals surface area contributed by atoms with Gasteiger partial charge in [0.25, 0.3) is 0 Å². The van der Waals surface area contributed by atoms with E-state index in [9.17, 15) is 8.42 Å². The third-order valence-corrected chi connectivity index (χ3v) is 7.16. The number of hydrogen-bond acceptors (Lipinski definition) is 6. The molecule has 0 N–H and O–H groups in total. The van der Waals surface area contributed by atoms with Crippen molar-refractivity contribution < 1.29 is 8.42 Å². The smallest absolute Gasteiger partial charge is 0.213 e. The Morgan fingerprint density at radius 2 is 1.89 bits per heavy atom. The van der Waals surface area contributed by atoms with E-state index in [1.54, 1.807) is 0 Å². The molecule has 2 aromatic heterocycles. The fraction of sp³-hybridized carbons (Fsp3) is 0.389. The van der Waals surface area contributed by atoms with E-state index in [2.05, 4.69) is 28.4 Å². The average molecular weight is 404 g/mol. The van der Waals surface area contributed by atoms with Gasteiger partial charge < -0.3 is 0 Å². The minimum absolute atomic E-state index is 0.173. The highest BCUT2D eigenvalue weighted by molar-refractivity contribution is 7.88. The maximum atomic E-state index is 11.7. The normalized spacial score (nSPS) is 17.6. The molecule has 0 saturated carbocycles. The predicted molar refractivity (Wildman–Crippen MR) is 107 cm³/mol. The lowest BCUT2D eigenvalue weighted by Crippen LogP contribution is -2.37. The van der Waals surface area contributed by atoms with Gasteiger partial charge in [0.2, 0.25) is 15.0 Å². The maximum absolute atomic E-state index is 11.7. The topological polar surface area (TPSA) is 80.5 Å². The van der Waals surface area contributed by atoms with Gasteiger partial charge in [-0.05, 0) is 37.0 Å². The fourth-order valence-corrected chi connectivity index (χ4v) is 5.04. The van der Waals surface area contributed by atoms with Gasteiger partial charge in [-0.2, -0.15) is 9.61 Å². The van der Waals surface area contributed by atoms with E-state index in [1.807, 2.05) is 29.6 Å².